The molecule has 0 saturated carbocycles. The smallest absolute Gasteiger partial charge is 0.233 e. The van der Waals surface area contributed by atoms with Gasteiger partial charge in [0.05, 0.1) is 12.3 Å². The van der Waals surface area contributed by atoms with Crippen molar-refractivity contribution in [3.8, 4) is 17.0 Å². The summed E-state index contributed by atoms with van der Waals surface area (Å²) in [6.07, 6.45) is 0. The topological polar surface area (TPSA) is 64.2 Å². The average molecular weight is 467 g/mol. The lowest BCUT2D eigenvalue weighted by Gasteiger charge is -2.15. The summed E-state index contributed by atoms with van der Waals surface area (Å²) in [6, 6.07) is 19.4. The van der Waals surface area contributed by atoms with Gasteiger partial charge in [-0.2, -0.15) is 0 Å². The van der Waals surface area contributed by atoms with E-state index in [9.17, 15) is 4.79 Å². The minimum absolute atomic E-state index is 0.0180. The fourth-order valence-corrected chi connectivity index (χ4v) is 4.28. The Balaban J connectivity index is 1.38. The van der Waals surface area contributed by atoms with E-state index in [1.54, 1.807) is 11.9 Å². The number of furan rings is 1. The molecule has 0 atom stereocenters. The first-order chi connectivity index (χ1) is 15.4. The van der Waals surface area contributed by atoms with Crippen molar-refractivity contribution in [1.82, 2.24) is 19.7 Å². The Morgan fingerprint density at radius 1 is 1.03 bits per heavy atom. The van der Waals surface area contributed by atoms with Crippen molar-refractivity contribution < 1.29 is 9.21 Å². The highest BCUT2D eigenvalue weighted by molar-refractivity contribution is 7.99. The maximum absolute atomic E-state index is 12.7. The molecule has 8 heteroatoms. The molecule has 4 rings (SSSR count). The van der Waals surface area contributed by atoms with Crippen molar-refractivity contribution in [2.24, 2.45) is 0 Å². The highest BCUT2D eigenvalue weighted by Gasteiger charge is 2.17. The van der Waals surface area contributed by atoms with E-state index in [4.69, 9.17) is 16.0 Å². The van der Waals surface area contributed by atoms with Crippen molar-refractivity contribution in [3.63, 3.8) is 0 Å². The van der Waals surface area contributed by atoms with Gasteiger partial charge in [-0.15, -0.1) is 10.2 Å². The highest BCUT2D eigenvalue weighted by Crippen LogP contribution is 2.25. The van der Waals surface area contributed by atoms with Crippen LogP contribution in [-0.4, -0.2) is 38.4 Å². The number of amides is 1. The summed E-state index contributed by atoms with van der Waals surface area (Å²) in [5.74, 6) is 2.48. The van der Waals surface area contributed by atoms with E-state index < -0.39 is 0 Å². The fraction of sp³-hybridized carbons (Fsp3) is 0.208. The minimum Gasteiger partial charge on any atom is -0.459 e. The predicted octanol–water partition coefficient (Wildman–Crippen LogP) is 5.55. The number of aromatic nitrogens is 3. The van der Waals surface area contributed by atoms with Crippen LogP contribution in [0.15, 0.2) is 70.2 Å². The molecule has 0 spiro atoms. The van der Waals surface area contributed by atoms with Gasteiger partial charge in [-0.1, -0.05) is 41.1 Å². The Bertz CT molecular complexity index is 1220. The Labute approximate surface area is 196 Å². The van der Waals surface area contributed by atoms with Gasteiger partial charge in [0, 0.05) is 23.3 Å². The number of carbonyl (C=O) groups excluding carboxylic acids is 1. The Morgan fingerprint density at radius 2 is 1.75 bits per heavy atom. The normalized spacial score (nSPS) is 11.0. The number of benzene rings is 2. The van der Waals surface area contributed by atoms with Gasteiger partial charge in [0.25, 0.3) is 0 Å². The molecule has 1 amide bonds. The minimum atomic E-state index is -0.0180. The maximum Gasteiger partial charge on any atom is 0.233 e. The van der Waals surface area contributed by atoms with Gasteiger partial charge >= 0.3 is 0 Å². The first-order valence-electron chi connectivity index (χ1n) is 10.1. The van der Waals surface area contributed by atoms with Crippen molar-refractivity contribution in [2.45, 2.75) is 25.5 Å². The van der Waals surface area contributed by atoms with Gasteiger partial charge in [-0.25, -0.2) is 0 Å². The molecule has 6 nitrogen and oxygen atoms in total. The Hall–Kier alpha value is -3.03. The van der Waals surface area contributed by atoms with Gasteiger partial charge in [0.15, 0.2) is 5.16 Å². The average Bonchev–Trinajstić information content (AvgIpc) is 3.40. The Kier molecular flexibility index (Phi) is 6.67. The van der Waals surface area contributed by atoms with Crippen LogP contribution in [0.3, 0.4) is 0 Å². The zero-order valence-electron chi connectivity index (χ0n) is 18.1. The first-order valence-corrected chi connectivity index (χ1v) is 11.5. The molecule has 2 aromatic carbocycles. The molecule has 0 aliphatic heterocycles. The third kappa shape index (κ3) is 5.06. The van der Waals surface area contributed by atoms with Gasteiger partial charge in [0.1, 0.15) is 17.3 Å². The third-order valence-corrected chi connectivity index (χ3v) is 6.19. The van der Waals surface area contributed by atoms with Crippen LogP contribution in [0.25, 0.3) is 17.0 Å². The van der Waals surface area contributed by atoms with E-state index in [0.717, 1.165) is 28.6 Å². The summed E-state index contributed by atoms with van der Waals surface area (Å²) in [5.41, 5.74) is 3.10. The fourth-order valence-electron chi connectivity index (χ4n) is 3.22. The summed E-state index contributed by atoms with van der Waals surface area (Å²) in [4.78, 5) is 14.4. The van der Waals surface area contributed by atoms with E-state index in [2.05, 4.69) is 10.2 Å². The standard InChI is InChI=1S/C24H23ClN4O2S/c1-16-4-10-20(11-5-16)29-17(2)26-27-24(29)32-15-23(30)28(3)14-21-12-13-22(31-21)18-6-8-19(25)9-7-18/h4-13H,14-15H2,1-3H3. The molecule has 0 aliphatic carbocycles. The number of hydrogen-bond donors (Lipinski definition) is 0. The zero-order chi connectivity index (χ0) is 22.7. The molecule has 2 aromatic heterocycles. The number of hydrogen-bond acceptors (Lipinski definition) is 5. The second-order valence-corrected chi connectivity index (χ2v) is 8.89. The largest absolute Gasteiger partial charge is 0.459 e. The molecule has 0 fully saturated rings. The summed E-state index contributed by atoms with van der Waals surface area (Å²) in [6.45, 7) is 4.33. The van der Waals surface area contributed by atoms with Crippen LogP contribution in [0.4, 0.5) is 0 Å². The second kappa shape index (κ2) is 9.63. The second-order valence-electron chi connectivity index (χ2n) is 7.51. The lowest BCUT2D eigenvalue weighted by Crippen LogP contribution is -2.27. The van der Waals surface area contributed by atoms with Crippen LogP contribution in [0.1, 0.15) is 17.1 Å². The van der Waals surface area contributed by atoms with Crippen LogP contribution >= 0.6 is 23.4 Å². The summed E-state index contributed by atoms with van der Waals surface area (Å²) >= 11 is 7.32. The van der Waals surface area contributed by atoms with Crippen LogP contribution in [-0.2, 0) is 11.3 Å². The van der Waals surface area contributed by atoms with Gasteiger partial charge in [-0.3, -0.25) is 9.36 Å². The van der Waals surface area contributed by atoms with Crippen LogP contribution in [0, 0.1) is 13.8 Å². The molecule has 2 heterocycles. The molecule has 0 saturated heterocycles. The van der Waals surface area contributed by atoms with Crippen LogP contribution in [0.5, 0.6) is 0 Å². The van der Waals surface area contributed by atoms with Crippen molar-refractivity contribution in [1.29, 1.82) is 0 Å². The van der Waals surface area contributed by atoms with Crippen LogP contribution in [0.2, 0.25) is 5.02 Å². The number of halogens is 1. The molecule has 164 valence electrons. The number of rotatable bonds is 7. The van der Waals surface area contributed by atoms with Gasteiger partial charge in [-0.05, 0) is 62.4 Å². The van der Waals surface area contributed by atoms with Crippen LogP contribution < -0.4 is 0 Å². The molecular weight excluding hydrogens is 444 g/mol. The first kappa shape index (κ1) is 22.2. The Morgan fingerprint density at radius 3 is 2.47 bits per heavy atom. The van der Waals surface area contributed by atoms with E-state index in [0.29, 0.717) is 16.7 Å². The third-order valence-electron chi connectivity index (χ3n) is 5.02. The molecule has 0 N–H and O–H groups in total. The monoisotopic (exact) mass is 466 g/mol. The van der Waals surface area contributed by atoms with Crippen molar-refractivity contribution in [2.75, 3.05) is 12.8 Å². The van der Waals surface area contributed by atoms with E-state index in [1.165, 1.54) is 17.3 Å². The van der Waals surface area contributed by atoms with E-state index in [1.807, 2.05) is 79.1 Å². The van der Waals surface area contributed by atoms with Crippen molar-refractivity contribution >= 4 is 29.3 Å². The predicted molar refractivity (Wildman–Crippen MR) is 127 cm³/mol. The van der Waals surface area contributed by atoms with E-state index in [-0.39, 0.29) is 11.7 Å². The lowest BCUT2D eigenvalue weighted by molar-refractivity contribution is -0.127. The highest BCUT2D eigenvalue weighted by atomic mass is 35.5. The summed E-state index contributed by atoms with van der Waals surface area (Å²) in [7, 11) is 1.77. The molecule has 0 aliphatic rings. The summed E-state index contributed by atoms with van der Waals surface area (Å²) in [5, 5.41) is 9.81. The molecule has 4 aromatic rings. The quantitative estimate of drug-likeness (QED) is 0.334. The molecular formula is C24H23ClN4O2S. The molecule has 0 unspecified atom stereocenters. The molecule has 0 radical (unpaired) electrons. The lowest BCUT2D eigenvalue weighted by atomic mass is 10.2. The van der Waals surface area contributed by atoms with Gasteiger partial charge in [0.2, 0.25) is 5.91 Å². The number of carbonyl (C=O) groups is 1. The summed E-state index contributed by atoms with van der Waals surface area (Å²) < 4.78 is 7.87. The van der Waals surface area contributed by atoms with E-state index >= 15 is 0 Å². The number of nitrogens with zero attached hydrogens (tertiary/aromatic N) is 4. The van der Waals surface area contributed by atoms with Gasteiger partial charge < -0.3 is 9.32 Å². The molecule has 32 heavy (non-hydrogen) atoms. The SMILES string of the molecule is Cc1ccc(-n2c(C)nnc2SCC(=O)N(C)Cc2ccc(-c3ccc(Cl)cc3)o2)cc1. The molecule has 0 bridgehead atoms. The maximum atomic E-state index is 12.7. The van der Waals surface area contributed by atoms with Crippen molar-refractivity contribution in [3.05, 3.63) is 82.8 Å². The number of aryl methyl sites for hydroxylation is 2. The zero-order valence-corrected chi connectivity index (χ0v) is 19.7. The number of thioether (sulfide) groups is 1.